The molecule has 0 bridgehead atoms. The average molecular weight is 388 g/mol. The number of nitrogens with one attached hydrogen (secondary N) is 2. The third-order valence-corrected chi connectivity index (χ3v) is 4.84. The second-order valence-corrected chi connectivity index (χ2v) is 7.03. The summed E-state index contributed by atoms with van der Waals surface area (Å²) in [5, 5.41) is 21.3. The molecule has 1 heterocycles. The highest BCUT2D eigenvalue weighted by atomic mass is 16.5. The molecule has 0 aliphatic carbocycles. The lowest BCUT2D eigenvalue weighted by atomic mass is 10.1. The number of guanidine groups is 1. The van der Waals surface area contributed by atoms with E-state index in [-0.39, 0.29) is 11.8 Å². The lowest BCUT2D eigenvalue weighted by molar-refractivity contribution is 0.406. The number of benzene rings is 1. The highest BCUT2D eigenvalue weighted by Gasteiger charge is 2.14. The third-order valence-electron chi connectivity index (χ3n) is 4.84. The number of ether oxygens (including phenoxy) is 1. The van der Waals surface area contributed by atoms with Crippen molar-refractivity contribution in [3.05, 3.63) is 40.7 Å². The molecule has 2 aromatic rings. The SMILES string of the molecule is CCNC(=NCCc1ccc(OC)cc1O)NC(C)Cc1c(C)nn(C)c1C. The fraction of sp³-hybridized carbons (Fsp3) is 0.524. The van der Waals surface area contributed by atoms with Crippen LogP contribution in [0.4, 0.5) is 0 Å². The van der Waals surface area contributed by atoms with Gasteiger partial charge in [0.25, 0.3) is 0 Å². The summed E-state index contributed by atoms with van der Waals surface area (Å²) in [5.41, 5.74) is 4.41. The van der Waals surface area contributed by atoms with Gasteiger partial charge >= 0.3 is 0 Å². The smallest absolute Gasteiger partial charge is 0.191 e. The molecule has 3 N–H and O–H groups in total. The number of methoxy groups -OCH3 is 1. The van der Waals surface area contributed by atoms with E-state index in [1.807, 2.05) is 30.8 Å². The van der Waals surface area contributed by atoms with Gasteiger partial charge in [-0.2, -0.15) is 5.10 Å². The molecule has 1 aromatic heterocycles. The standard InChI is InChI=1S/C21H33N5O2/c1-7-22-21(23-11-10-17-8-9-18(28-6)13-20(17)27)24-14(2)12-19-15(3)25-26(5)16(19)4/h8-9,13-14,27H,7,10-12H2,1-6H3,(H2,22,23,24). The number of aliphatic imine (C=N–C) groups is 1. The van der Waals surface area contributed by atoms with Crippen molar-refractivity contribution in [2.24, 2.45) is 12.0 Å². The zero-order valence-electron chi connectivity index (χ0n) is 17.8. The maximum Gasteiger partial charge on any atom is 0.191 e. The second-order valence-electron chi connectivity index (χ2n) is 7.03. The van der Waals surface area contributed by atoms with Crippen LogP contribution in [-0.4, -0.2) is 47.1 Å². The topological polar surface area (TPSA) is 83.7 Å². The highest BCUT2D eigenvalue weighted by Crippen LogP contribution is 2.23. The minimum absolute atomic E-state index is 0.216. The average Bonchev–Trinajstić information content (AvgIpc) is 2.89. The fourth-order valence-corrected chi connectivity index (χ4v) is 3.19. The maximum absolute atomic E-state index is 10.1. The fourth-order valence-electron chi connectivity index (χ4n) is 3.19. The molecule has 0 radical (unpaired) electrons. The molecule has 0 spiro atoms. The lowest BCUT2D eigenvalue weighted by Gasteiger charge is -2.18. The zero-order valence-corrected chi connectivity index (χ0v) is 17.8. The molecule has 154 valence electrons. The predicted molar refractivity (Wildman–Crippen MR) is 113 cm³/mol. The van der Waals surface area contributed by atoms with Crippen molar-refractivity contribution in [3.63, 3.8) is 0 Å². The van der Waals surface area contributed by atoms with Crippen molar-refractivity contribution in [2.45, 2.75) is 46.6 Å². The number of aromatic nitrogens is 2. The van der Waals surface area contributed by atoms with Crippen molar-refractivity contribution in [1.82, 2.24) is 20.4 Å². The van der Waals surface area contributed by atoms with Gasteiger partial charge < -0.3 is 20.5 Å². The summed E-state index contributed by atoms with van der Waals surface area (Å²) >= 11 is 0. The van der Waals surface area contributed by atoms with Gasteiger partial charge in [-0.3, -0.25) is 9.67 Å². The van der Waals surface area contributed by atoms with Crippen molar-refractivity contribution >= 4 is 5.96 Å². The van der Waals surface area contributed by atoms with E-state index < -0.39 is 0 Å². The Balaban J connectivity index is 1.97. The van der Waals surface area contributed by atoms with E-state index in [4.69, 9.17) is 4.74 Å². The van der Waals surface area contributed by atoms with Gasteiger partial charge in [-0.05, 0) is 57.7 Å². The van der Waals surface area contributed by atoms with E-state index in [9.17, 15) is 5.11 Å². The molecule has 2 rings (SSSR count). The molecule has 0 fully saturated rings. The first-order chi connectivity index (χ1) is 13.3. The van der Waals surface area contributed by atoms with Crippen LogP contribution >= 0.6 is 0 Å². The van der Waals surface area contributed by atoms with Gasteiger partial charge in [0.1, 0.15) is 11.5 Å². The number of hydrogen-bond donors (Lipinski definition) is 3. The first-order valence-electron chi connectivity index (χ1n) is 9.75. The molecule has 0 saturated heterocycles. The van der Waals surface area contributed by atoms with Gasteiger partial charge in [-0.25, -0.2) is 0 Å². The van der Waals surface area contributed by atoms with Crippen LogP contribution in [0.25, 0.3) is 0 Å². The number of phenolic OH excluding ortho intramolecular Hbond substituents is 1. The molecular formula is C21H33N5O2. The quantitative estimate of drug-likeness (QED) is 0.479. The molecule has 0 saturated carbocycles. The second kappa shape index (κ2) is 10.0. The van der Waals surface area contributed by atoms with E-state index in [1.54, 1.807) is 13.2 Å². The Morgan fingerprint density at radius 2 is 2.11 bits per heavy atom. The van der Waals surface area contributed by atoms with E-state index in [2.05, 4.69) is 41.5 Å². The summed E-state index contributed by atoms with van der Waals surface area (Å²) in [6.45, 7) is 9.71. The number of phenols is 1. The summed E-state index contributed by atoms with van der Waals surface area (Å²) in [4.78, 5) is 4.66. The molecule has 0 amide bonds. The zero-order chi connectivity index (χ0) is 20.7. The van der Waals surface area contributed by atoms with Crippen LogP contribution in [0.15, 0.2) is 23.2 Å². The van der Waals surface area contributed by atoms with E-state index in [1.165, 1.54) is 11.3 Å². The first-order valence-corrected chi connectivity index (χ1v) is 9.75. The van der Waals surface area contributed by atoms with Gasteiger partial charge in [0, 0.05) is 37.9 Å². The van der Waals surface area contributed by atoms with E-state index >= 15 is 0 Å². The molecule has 1 unspecified atom stereocenters. The summed E-state index contributed by atoms with van der Waals surface area (Å²) in [6.07, 6.45) is 1.54. The van der Waals surface area contributed by atoms with Crippen LogP contribution in [0, 0.1) is 13.8 Å². The minimum Gasteiger partial charge on any atom is -0.508 e. The van der Waals surface area contributed by atoms with Crippen molar-refractivity contribution < 1.29 is 9.84 Å². The van der Waals surface area contributed by atoms with Crippen LogP contribution in [0.3, 0.4) is 0 Å². The number of nitrogens with zero attached hydrogens (tertiary/aromatic N) is 3. The predicted octanol–water partition coefficient (Wildman–Crippen LogP) is 2.48. The van der Waals surface area contributed by atoms with Crippen LogP contribution < -0.4 is 15.4 Å². The molecule has 28 heavy (non-hydrogen) atoms. The number of aryl methyl sites for hydroxylation is 2. The van der Waals surface area contributed by atoms with Crippen LogP contribution in [0.2, 0.25) is 0 Å². The Bertz CT molecular complexity index is 813. The normalized spacial score (nSPS) is 12.7. The Hall–Kier alpha value is -2.70. The van der Waals surface area contributed by atoms with E-state index in [0.29, 0.717) is 18.7 Å². The molecule has 7 nitrogen and oxygen atoms in total. The number of rotatable bonds is 8. The lowest BCUT2D eigenvalue weighted by Crippen LogP contribution is -2.43. The molecule has 1 atom stereocenters. The van der Waals surface area contributed by atoms with Crippen molar-refractivity contribution in [2.75, 3.05) is 20.2 Å². The van der Waals surface area contributed by atoms with Gasteiger partial charge in [-0.1, -0.05) is 6.07 Å². The summed E-state index contributed by atoms with van der Waals surface area (Å²) < 4.78 is 7.05. The molecular weight excluding hydrogens is 354 g/mol. The summed E-state index contributed by atoms with van der Waals surface area (Å²) in [5.74, 6) is 1.67. The van der Waals surface area contributed by atoms with Crippen LogP contribution in [0.5, 0.6) is 11.5 Å². The molecule has 1 aromatic carbocycles. The first kappa shape index (κ1) is 21.6. The van der Waals surface area contributed by atoms with Gasteiger partial charge in [0.05, 0.1) is 12.8 Å². The third kappa shape index (κ3) is 5.65. The highest BCUT2D eigenvalue weighted by molar-refractivity contribution is 5.80. The minimum atomic E-state index is 0.216. The maximum atomic E-state index is 10.1. The summed E-state index contributed by atoms with van der Waals surface area (Å²) in [6, 6.07) is 5.57. The Morgan fingerprint density at radius 3 is 2.68 bits per heavy atom. The van der Waals surface area contributed by atoms with Gasteiger partial charge in [-0.15, -0.1) is 0 Å². The Labute approximate surface area is 167 Å². The number of hydrogen-bond acceptors (Lipinski definition) is 4. The number of aromatic hydroxyl groups is 1. The van der Waals surface area contributed by atoms with Crippen molar-refractivity contribution in [3.8, 4) is 11.5 Å². The molecule has 0 aliphatic rings. The van der Waals surface area contributed by atoms with E-state index in [0.717, 1.165) is 30.2 Å². The van der Waals surface area contributed by atoms with Gasteiger partial charge in [0.2, 0.25) is 0 Å². The Morgan fingerprint density at radius 1 is 1.36 bits per heavy atom. The monoisotopic (exact) mass is 387 g/mol. The molecule has 0 aliphatic heterocycles. The summed E-state index contributed by atoms with van der Waals surface area (Å²) in [7, 11) is 3.56. The Kier molecular flexibility index (Phi) is 7.72. The molecule has 7 heteroatoms. The van der Waals surface area contributed by atoms with Crippen LogP contribution in [0.1, 0.15) is 36.4 Å². The van der Waals surface area contributed by atoms with Crippen molar-refractivity contribution in [1.29, 1.82) is 0 Å². The largest absolute Gasteiger partial charge is 0.508 e. The van der Waals surface area contributed by atoms with Crippen LogP contribution in [-0.2, 0) is 19.9 Å². The van der Waals surface area contributed by atoms with Gasteiger partial charge in [0.15, 0.2) is 5.96 Å².